The third kappa shape index (κ3) is 4.19. The van der Waals surface area contributed by atoms with Crippen LogP contribution in [0.2, 0.25) is 0 Å². The summed E-state index contributed by atoms with van der Waals surface area (Å²) in [6.45, 7) is 6.56. The third-order valence-electron chi connectivity index (χ3n) is 5.33. The van der Waals surface area contributed by atoms with E-state index in [0.29, 0.717) is 43.5 Å². The fraction of sp³-hybridized carbons (Fsp3) is 0.318. The Kier molecular flexibility index (Phi) is 5.40. The summed E-state index contributed by atoms with van der Waals surface area (Å²) in [5.74, 6) is 0.595. The standard InChI is InChI=1S/C22H23FN4O2/c1-15-6-8-17(9-7-15)20-24-21(29-25-20)16(2)26-10-12-27(13-11-26)22(28)18-4-3-5-19(23)14-18/h3-9,14,16H,10-13H2,1-2H3. The Morgan fingerprint density at radius 3 is 2.52 bits per heavy atom. The lowest BCUT2D eigenvalue weighted by Crippen LogP contribution is -2.49. The van der Waals surface area contributed by atoms with Gasteiger partial charge in [-0.3, -0.25) is 9.69 Å². The van der Waals surface area contributed by atoms with E-state index in [0.717, 1.165) is 5.56 Å². The zero-order valence-corrected chi connectivity index (χ0v) is 16.5. The van der Waals surface area contributed by atoms with E-state index in [4.69, 9.17) is 4.52 Å². The van der Waals surface area contributed by atoms with E-state index in [1.165, 1.54) is 17.7 Å². The maximum absolute atomic E-state index is 13.4. The summed E-state index contributed by atoms with van der Waals surface area (Å²) < 4.78 is 18.9. The molecule has 1 unspecified atom stereocenters. The second-order valence-electron chi connectivity index (χ2n) is 7.34. The first-order valence-electron chi connectivity index (χ1n) is 9.71. The van der Waals surface area contributed by atoms with Gasteiger partial charge in [0.2, 0.25) is 11.7 Å². The number of aryl methyl sites for hydroxylation is 1. The van der Waals surface area contributed by atoms with E-state index in [1.807, 2.05) is 38.1 Å². The van der Waals surface area contributed by atoms with Gasteiger partial charge in [0.25, 0.3) is 5.91 Å². The molecule has 1 fully saturated rings. The Morgan fingerprint density at radius 1 is 1.10 bits per heavy atom. The summed E-state index contributed by atoms with van der Waals surface area (Å²) in [5.41, 5.74) is 2.48. The predicted molar refractivity (Wildman–Crippen MR) is 107 cm³/mol. The second kappa shape index (κ2) is 8.13. The number of rotatable bonds is 4. The van der Waals surface area contributed by atoms with E-state index in [1.54, 1.807) is 17.0 Å². The van der Waals surface area contributed by atoms with E-state index >= 15 is 0 Å². The first-order chi connectivity index (χ1) is 14.0. The van der Waals surface area contributed by atoms with Gasteiger partial charge in [-0.2, -0.15) is 4.98 Å². The van der Waals surface area contributed by atoms with Gasteiger partial charge < -0.3 is 9.42 Å². The number of amides is 1. The van der Waals surface area contributed by atoms with Crippen molar-refractivity contribution >= 4 is 5.91 Å². The van der Waals surface area contributed by atoms with Crippen LogP contribution in [0.3, 0.4) is 0 Å². The lowest BCUT2D eigenvalue weighted by molar-refractivity contribution is 0.0551. The quantitative estimate of drug-likeness (QED) is 0.675. The van der Waals surface area contributed by atoms with Gasteiger partial charge in [-0.05, 0) is 32.0 Å². The van der Waals surface area contributed by atoms with E-state index in [2.05, 4.69) is 15.0 Å². The Hall–Kier alpha value is -3.06. The molecule has 4 rings (SSSR count). The minimum atomic E-state index is -0.399. The predicted octanol–water partition coefficient (Wildman–Crippen LogP) is 3.70. The van der Waals surface area contributed by atoms with Crippen molar-refractivity contribution in [2.75, 3.05) is 26.2 Å². The highest BCUT2D eigenvalue weighted by Gasteiger charge is 2.28. The molecule has 1 saturated heterocycles. The number of hydrogen-bond acceptors (Lipinski definition) is 5. The fourth-order valence-corrected chi connectivity index (χ4v) is 3.50. The Bertz CT molecular complexity index is 994. The molecule has 3 aromatic rings. The summed E-state index contributed by atoms with van der Waals surface area (Å²) in [4.78, 5) is 21.1. The van der Waals surface area contributed by atoms with E-state index in [-0.39, 0.29) is 11.9 Å². The molecule has 2 aromatic carbocycles. The molecule has 0 aliphatic carbocycles. The molecule has 1 amide bonds. The lowest BCUT2D eigenvalue weighted by atomic mass is 10.1. The van der Waals surface area contributed by atoms with Crippen LogP contribution in [0.25, 0.3) is 11.4 Å². The van der Waals surface area contributed by atoms with Gasteiger partial charge in [0.1, 0.15) is 5.82 Å². The molecule has 1 aromatic heterocycles. The van der Waals surface area contributed by atoms with Crippen LogP contribution < -0.4 is 0 Å². The smallest absolute Gasteiger partial charge is 0.254 e. The maximum Gasteiger partial charge on any atom is 0.254 e. The fourth-order valence-electron chi connectivity index (χ4n) is 3.50. The summed E-state index contributed by atoms with van der Waals surface area (Å²) in [6, 6.07) is 13.8. The molecule has 6 nitrogen and oxygen atoms in total. The number of carbonyl (C=O) groups excluding carboxylic acids is 1. The SMILES string of the molecule is Cc1ccc(-c2noc(C(C)N3CCN(C(=O)c4cccc(F)c4)CC3)n2)cc1. The monoisotopic (exact) mass is 394 g/mol. The number of halogens is 1. The van der Waals surface area contributed by atoms with Crippen LogP contribution in [0.4, 0.5) is 4.39 Å². The molecule has 2 heterocycles. The number of nitrogens with zero attached hydrogens (tertiary/aromatic N) is 4. The van der Waals surface area contributed by atoms with Crippen molar-refractivity contribution in [3.63, 3.8) is 0 Å². The highest BCUT2D eigenvalue weighted by atomic mass is 19.1. The molecule has 0 radical (unpaired) electrons. The zero-order valence-electron chi connectivity index (χ0n) is 16.5. The minimum absolute atomic E-state index is 0.0480. The van der Waals surface area contributed by atoms with Gasteiger partial charge in [-0.1, -0.05) is 41.1 Å². The number of hydrogen-bond donors (Lipinski definition) is 0. The maximum atomic E-state index is 13.4. The number of carbonyl (C=O) groups is 1. The molecule has 7 heteroatoms. The first-order valence-corrected chi connectivity index (χ1v) is 9.71. The molecule has 0 bridgehead atoms. The molecule has 1 aliphatic rings. The molecule has 150 valence electrons. The van der Waals surface area contributed by atoms with Crippen LogP contribution in [0.1, 0.15) is 34.8 Å². The highest BCUT2D eigenvalue weighted by Crippen LogP contribution is 2.24. The molecule has 29 heavy (non-hydrogen) atoms. The number of aromatic nitrogens is 2. The van der Waals surface area contributed by atoms with Crippen molar-refractivity contribution in [1.82, 2.24) is 19.9 Å². The van der Waals surface area contributed by atoms with Crippen LogP contribution >= 0.6 is 0 Å². The molecular formula is C22H23FN4O2. The summed E-state index contributed by atoms with van der Waals surface area (Å²) >= 11 is 0. The molecule has 0 N–H and O–H groups in total. The van der Waals surface area contributed by atoms with Crippen LogP contribution in [-0.2, 0) is 0 Å². The van der Waals surface area contributed by atoms with Gasteiger partial charge in [-0.25, -0.2) is 4.39 Å². The van der Waals surface area contributed by atoms with Crippen molar-refractivity contribution in [2.24, 2.45) is 0 Å². The Balaban J connectivity index is 1.38. The van der Waals surface area contributed by atoms with Crippen LogP contribution in [0.5, 0.6) is 0 Å². The zero-order chi connectivity index (χ0) is 20.4. The van der Waals surface area contributed by atoms with Gasteiger partial charge in [0.15, 0.2) is 0 Å². The molecule has 1 atom stereocenters. The van der Waals surface area contributed by atoms with Crippen molar-refractivity contribution in [2.45, 2.75) is 19.9 Å². The summed E-state index contributed by atoms with van der Waals surface area (Å²) in [6.07, 6.45) is 0. The number of piperazine rings is 1. The van der Waals surface area contributed by atoms with Gasteiger partial charge in [-0.15, -0.1) is 0 Å². The summed E-state index contributed by atoms with van der Waals surface area (Å²) in [7, 11) is 0. The largest absolute Gasteiger partial charge is 0.337 e. The Labute approximate surface area is 168 Å². The number of benzene rings is 2. The van der Waals surface area contributed by atoms with Crippen LogP contribution in [0.15, 0.2) is 53.1 Å². The van der Waals surface area contributed by atoms with Gasteiger partial charge in [0, 0.05) is 37.3 Å². The van der Waals surface area contributed by atoms with Crippen LogP contribution in [0, 0.1) is 12.7 Å². The second-order valence-corrected chi connectivity index (χ2v) is 7.34. The van der Waals surface area contributed by atoms with E-state index in [9.17, 15) is 9.18 Å². The normalized spacial score (nSPS) is 16.0. The van der Waals surface area contributed by atoms with Crippen molar-refractivity contribution in [3.05, 3.63) is 71.4 Å². The van der Waals surface area contributed by atoms with Crippen molar-refractivity contribution < 1.29 is 13.7 Å². The highest BCUT2D eigenvalue weighted by molar-refractivity contribution is 5.94. The first kappa shape index (κ1) is 19.3. The molecular weight excluding hydrogens is 371 g/mol. The van der Waals surface area contributed by atoms with E-state index < -0.39 is 5.82 Å². The average molecular weight is 394 g/mol. The van der Waals surface area contributed by atoms with Crippen molar-refractivity contribution in [1.29, 1.82) is 0 Å². The molecule has 1 aliphatic heterocycles. The van der Waals surface area contributed by atoms with Gasteiger partial charge in [0.05, 0.1) is 6.04 Å². The third-order valence-corrected chi connectivity index (χ3v) is 5.33. The van der Waals surface area contributed by atoms with Crippen LogP contribution in [-0.4, -0.2) is 52.0 Å². The van der Waals surface area contributed by atoms with Crippen molar-refractivity contribution in [3.8, 4) is 11.4 Å². The Morgan fingerprint density at radius 2 is 1.83 bits per heavy atom. The van der Waals surface area contributed by atoms with Gasteiger partial charge >= 0.3 is 0 Å². The minimum Gasteiger partial charge on any atom is -0.337 e. The lowest BCUT2D eigenvalue weighted by Gasteiger charge is -2.36. The molecule has 0 spiro atoms. The average Bonchev–Trinajstić information content (AvgIpc) is 3.23. The topological polar surface area (TPSA) is 62.5 Å². The summed E-state index contributed by atoms with van der Waals surface area (Å²) in [5, 5.41) is 4.11. The molecule has 0 saturated carbocycles.